The van der Waals surface area contributed by atoms with Gasteiger partial charge in [-0.2, -0.15) is 0 Å². The van der Waals surface area contributed by atoms with Gasteiger partial charge in [0.05, 0.1) is 251 Å². The Hall–Kier alpha value is -2.57. The topological polar surface area (TPSA) is 240 Å². The van der Waals surface area contributed by atoms with E-state index in [9.17, 15) is 9.46 Å². The number of phosphoric acid groups is 1. The molecule has 0 heterocycles. The Bertz CT molecular complexity index is 1700. The van der Waals surface area contributed by atoms with Gasteiger partial charge in [-0.05, 0) is 61.1 Å². The van der Waals surface area contributed by atoms with Crippen molar-refractivity contribution in [3.8, 4) is 11.5 Å². The first-order valence-electron chi connectivity index (χ1n) is 34.5. The summed E-state index contributed by atoms with van der Waals surface area (Å²) in [7, 11) is -4.23. The van der Waals surface area contributed by atoms with Crippen LogP contribution in [-0.2, 0) is 112 Å². The monoisotopic (exact) mass is 1350 g/mol. The summed E-state index contributed by atoms with van der Waals surface area (Å²) in [4.78, 5) is 9.86. The summed E-state index contributed by atoms with van der Waals surface area (Å²) in [5, 5.41) is 0. The van der Waals surface area contributed by atoms with Crippen LogP contribution in [-0.4, -0.2) is 269 Å². The molecule has 0 spiro atoms. The zero-order chi connectivity index (χ0) is 66.2. The van der Waals surface area contributed by atoms with Crippen LogP contribution in [0.3, 0.4) is 0 Å². The van der Waals surface area contributed by atoms with Gasteiger partial charge in [0, 0.05) is 0 Å². The molecule has 0 aliphatic rings. The molecule has 0 saturated carbocycles. The van der Waals surface area contributed by atoms with Gasteiger partial charge in [-0.1, -0.05) is 102 Å². The zero-order valence-electron chi connectivity index (χ0n) is 57.1. The molecule has 2 rings (SSSR count). The first kappa shape index (κ1) is 86.5. The maximum absolute atomic E-state index is 12.1. The third-order valence-corrected chi connectivity index (χ3v) is 14.4. The molecule has 93 heavy (non-hydrogen) atoms. The van der Waals surface area contributed by atoms with Gasteiger partial charge in [-0.15, -0.1) is 0 Å². The highest BCUT2D eigenvalue weighted by Gasteiger charge is 2.20. The predicted molar refractivity (Wildman–Crippen MR) is 355 cm³/mol. The average molecular weight is 1360 g/mol. The van der Waals surface area contributed by atoms with E-state index in [0.29, 0.717) is 225 Å². The molecule has 0 aliphatic carbocycles. The summed E-state index contributed by atoms with van der Waals surface area (Å²) >= 11 is 0. The molecular weight excluding hydrogens is 1230 g/mol. The Morgan fingerprint density at radius 2 is 0.409 bits per heavy atom. The highest BCUT2D eigenvalue weighted by Crippen LogP contribution is 2.42. The lowest BCUT2D eigenvalue weighted by atomic mass is 10.0. The minimum Gasteiger partial charge on any atom is -0.491 e. The quantitative estimate of drug-likeness (QED) is 0.0479. The molecule has 0 aromatic heterocycles. The molecule has 1 N–H and O–H groups in total. The van der Waals surface area contributed by atoms with Crippen LogP contribution in [0.1, 0.15) is 102 Å². The van der Waals surface area contributed by atoms with Crippen LogP contribution < -0.4 is 9.47 Å². The molecule has 0 aliphatic heterocycles. The third kappa shape index (κ3) is 63.9. The molecule has 24 nitrogen and oxygen atoms in total. The number of phosphoric ester groups is 1. The van der Waals surface area contributed by atoms with Crippen LogP contribution in [0, 0.1) is 0 Å². The normalized spacial score (nSPS) is 11.8. The van der Waals surface area contributed by atoms with Crippen molar-refractivity contribution in [1.82, 2.24) is 0 Å². The van der Waals surface area contributed by atoms with Crippen LogP contribution in [0.2, 0.25) is 0 Å². The number of benzene rings is 2. The second-order valence-electron chi connectivity index (χ2n) is 21.2. The van der Waals surface area contributed by atoms with E-state index in [1.165, 1.54) is 88.2 Å². The van der Waals surface area contributed by atoms with Crippen molar-refractivity contribution in [2.24, 2.45) is 0 Å². The number of rotatable bonds is 78. The summed E-state index contributed by atoms with van der Waals surface area (Å²) in [6.07, 6.45) is 18.0. The lowest BCUT2D eigenvalue weighted by Gasteiger charge is -2.12. The van der Waals surface area contributed by atoms with Crippen molar-refractivity contribution in [3.63, 3.8) is 0 Å². The molecule has 0 radical (unpaired) electrons. The SMILES string of the molecule is CCCCCCCCc1ccc(OCCOCCOCCOCCOCCOCCOCCOCCOCCOCCOP(=O)(O)OCCOCCOCCOCCOCCOCCOCCOCCOCCOCCOc2ccc(CCCCCCCC)cc2)cc1. The van der Waals surface area contributed by atoms with E-state index in [1.807, 2.05) is 24.3 Å². The van der Waals surface area contributed by atoms with Crippen LogP contribution in [0.15, 0.2) is 48.5 Å². The van der Waals surface area contributed by atoms with Gasteiger partial charge in [0.25, 0.3) is 0 Å². The van der Waals surface area contributed by atoms with Crippen molar-refractivity contribution in [2.75, 3.05) is 264 Å². The summed E-state index contributed by atoms with van der Waals surface area (Å²) in [6.45, 7) is 20.7. The van der Waals surface area contributed by atoms with E-state index < -0.39 is 7.82 Å². The molecule has 0 unspecified atom stereocenters. The van der Waals surface area contributed by atoms with Crippen LogP contribution in [0.4, 0.5) is 0 Å². The minimum absolute atomic E-state index is 0.0950. The van der Waals surface area contributed by atoms with E-state index in [0.717, 1.165) is 24.3 Å². The van der Waals surface area contributed by atoms with E-state index in [2.05, 4.69) is 38.1 Å². The molecule has 0 atom stereocenters. The maximum atomic E-state index is 12.1. The van der Waals surface area contributed by atoms with Crippen molar-refractivity contribution in [2.45, 2.75) is 104 Å². The van der Waals surface area contributed by atoms with Gasteiger partial charge < -0.3 is 99.6 Å². The molecular formula is C68H123O24P. The fourth-order valence-corrected chi connectivity index (χ4v) is 9.03. The lowest BCUT2D eigenvalue weighted by Crippen LogP contribution is -2.15. The van der Waals surface area contributed by atoms with Gasteiger partial charge >= 0.3 is 7.82 Å². The van der Waals surface area contributed by atoms with E-state index >= 15 is 0 Å². The van der Waals surface area contributed by atoms with Crippen molar-refractivity contribution in [3.05, 3.63) is 59.7 Å². The van der Waals surface area contributed by atoms with Crippen LogP contribution in [0.5, 0.6) is 11.5 Å². The Labute approximate surface area is 558 Å². The van der Waals surface area contributed by atoms with Crippen LogP contribution in [0.25, 0.3) is 0 Å². The summed E-state index contributed by atoms with van der Waals surface area (Å²) < 4.78 is 133. The summed E-state index contributed by atoms with van der Waals surface area (Å²) in [5.74, 6) is 1.74. The van der Waals surface area contributed by atoms with Gasteiger partial charge in [-0.25, -0.2) is 4.57 Å². The summed E-state index contributed by atoms with van der Waals surface area (Å²) in [6, 6.07) is 16.8. The van der Waals surface area contributed by atoms with Crippen molar-refractivity contribution in [1.29, 1.82) is 0 Å². The Morgan fingerprint density at radius 3 is 0.613 bits per heavy atom. The number of unbranched alkanes of at least 4 members (excludes halogenated alkanes) is 10. The molecule has 544 valence electrons. The number of ether oxygens (including phenoxy) is 20. The second-order valence-corrected chi connectivity index (χ2v) is 22.6. The smallest absolute Gasteiger partial charge is 0.472 e. The molecule has 0 saturated heterocycles. The van der Waals surface area contributed by atoms with E-state index in [1.54, 1.807) is 0 Å². The van der Waals surface area contributed by atoms with Gasteiger partial charge in [-0.3, -0.25) is 9.05 Å². The molecule has 25 heteroatoms. The maximum Gasteiger partial charge on any atom is 0.472 e. The fourth-order valence-electron chi connectivity index (χ4n) is 8.34. The van der Waals surface area contributed by atoms with Gasteiger partial charge in [0.15, 0.2) is 0 Å². The second kappa shape index (κ2) is 70.7. The first-order valence-corrected chi connectivity index (χ1v) is 36.0. The van der Waals surface area contributed by atoms with Gasteiger partial charge in [0.1, 0.15) is 24.7 Å². The Kier molecular flexibility index (Phi) is 65.8. The van der Waals surface area contributed by atoms with Crippen molar-refractivity contribution < 1.29 is 113 Å². The average Bonchev–Trinajstić information content (AvgIpc) is 3.51. The third-order valence-electron chi connectivity index (χ3n) is 13.4. The lowest BCUT2D eigenvalue weighted by molar-refractivity contribution is -0.0263. The minimum atomic E-state index is -4.23. The fraction of sp³-hybridized carbons (Fsp3) is 0.824. The molecule has 2 aromatic carbocycles. The van der Waals surface area contributed by atoms with Crippen LogP contribution >= 0.6 is 7.82 Å². The molecule has 0 fully saturated rings. The largest absolute Gasteiger partial charge is 0.491 e. The molecule has 0 amide bonds. The zero-order valence-corrected chi connectivity index (χ0v) is 58.0. The Morgan fingerprint density at radius 1 is 0.237 bits per heavy atom. The highest BCUT2D eigenvalue weighted by molar-refractivity contribution is 7.47. The van der Waals surface area contributed by atoms with Crippen molar-refractivity contribution >= 4 is 7.82 Å². The van der Waals surface area contributed by atoms with E-state index in [4.69, 9.17) is 104 Å². The highest BCUT2D eigenvalue weighted by atomic mass is 31.2. The summed E-state index contributed by atoms with van der Waals surface area (Å²) in [5.41, 5.74) is 2.73. The standard InChI is InChI=1S/C68H123O24P/c1-3-5-7-9-11-13-15-65-17-21-67(22-18-65)89-61-57-85-53-49-81-45-41-77-37-33-73-29-25-71-27-31-75-35-39-79-43-47-83-51-55-87-59-63-91-93(69,70)92-64-60-88-56-52-84-48-44-80-40-36-76-32-28-72-26-30-74-34-38-78-42-46-82-50-54-86-58-62-90-68-23-19-66(20-24-68)16-14-12-10-8-6-4-2/h17-24H,3-16,25-64H2,1-2H3,(H,69,70). The number of hydrogen-bond acceptors (Lipinski definition) is 23. The number of hydrogen-bond donors (Lipinski definition) is 1. The molecule has 0 bridgehead atoms. The van der Waals surface area contributed by atoms with E-state index in [-0.39, 0.29) is 39.6 Å². The number of aryl methyl sites for hydroxylation is 2. The van der Waals surface area contributed by atoms with Gasteiger partial charge in [0.2, 0.25) is 0 Å². The first-order chi connectivity index (χ1) is 46.0. The molecule has 2 aromatic rings. The predicted octanol–water partition coefficient (Wildman–Crippen LogP) is 9.38. The Balaban J connectivity index is 1.15.